The van der Waals surface area contributed by atoms with E-state index in [9.17, 15) is 14.4 Å². The molecule has 8 nitrogen and oxygen atoms in total. The van der Waals surface area contributed by atoms with E-state index in [4.69, 9.17) is 0 Å². The number of aryl methyl sites for hydroxylation is 1. The first-order valence-corrected chi connectivity index (χ1v) is 8.82. The lowest BCUT2D eigenvalue weighted by atomic mass is 10.1. The van der Waals surface area contributed by atoms with E-state index in [1.165, 1.54) is 17.7 Å². The van der Waals surface area contributed by atoms with Crippen LogP contribution in [-0.4, -0.2) is 48.9 Å². The highest BCUT2D eigenvalue weighted by molar-refractivity contribution is 5.95. The summed E-state index contributed by atoms with van der Waals surface area (Å²) in [7, 11) is 1.60. The second-order valence-electron chi connectivity index (χ2n) is 6.69. The Balaban J connectivity index is 1.88. The maximum absolute atomic E-state index is 12.9. The fraction of sp³-hybridized carbons (Fsp3) is 0.316. The highest BCUT2D eigenvalue weighted by atomic mass is 16.2. The van der Waals surface area contributed by atoms with Crippen molar-refractivity contribution in [3.63, 3.8) is 0 Å². The lowest BCUT2D eigenvalue weighted by molar-refractivity contribution is 0.101. The molecular weight excluding hydrogens is 346 g/mol. The standard InChI is InChI=1S/C19H19N5O3/c1-12(25)13-6-5-7-14(10-13)16-20-11-15-17(21-16)24(18(26)22(15)2)19(27)23-8-3-4-9-23/h5-7,10-11H,3-4,8-9H2,1-2H3. The number of ketones is 1. The summed E-state index contributed by atoms with van der Waals surface area (Å²) in [6.45, 7) is 2.77. The van der Waals surface area contributed by atoms with E-state index >= 15 is 0 Å². The fourth-order valence-corrected chi connectivity index (χ4v) is 3.35. The SMILES string of the molecule is CC(=O)c1cccc(-c2ncc3c(n2)n(C(=O)N2CCCC2)c(=O)n3C)c1. The van der Waals surface area contributed by atoms with Gasteiger partial charge >= 0.3 is 11.7 Å². The van der Waals surface area contributed by atoms with Crippen LogP contribution < -0.4 is 5.69 Å². The highest BCUT2D eigenvalue weighted by Gasteiger charge is 2.25. The van der Waals surface area contributed by atoms with Crippen LogP contribution in [0.25, 0.3) is 22.6 Å². The van der Waals surface area contributed by atoms with Crippen molar-refractivity contribution >= 4 is 23.0 Å². The predicted octanol–water partition coefficient (Wildman–Crippen LogP) is 2.06. The van der Waals surface area contributed by atoms with E-state index in [1.807, 2.05) is 0 Å². The largest absolute Gasteiger partial charge is 0.338 e. The molecule has 0 atom stereocenters. The number of likely N-dealkylation sites (tertiary alicyclic amines) is 1. The summed E-state index contributed by atoms with van der Waals surface area (Å²) < 4.78 is 2.49. The molecule has 4 rings (SSSR count). The molecule has 1 aliphatic rings. The number of aromatic nitrogens is 4. The topological polar surface area (TPSA) is 90.1 Å². The van der Waals surface area contributed by atoms with E-state index < -0.39 is 5.69 Å². The minimum absolute atomic E-state index is 0.0567. The van der Waals surface area contributed by atoms with E-state index in [0.29, 0.717) is 35.6 Å². The Labute approximate surface area is 155 Å². The average molecular weight is 365 g/mol. The summed E-state index contributed by atoms with van der Waals surface area (Å²) >= 11 is 0. The Kier molecular flexibility index (Phi) is 4.10. The van der Waals surface area contributed by atoms with Crippen LogP contribution in [0.2, 0.25) is 0 Å². The molecule has 1 saturated heterocycles. The zero-order valence-corrected chi connectivity index (χ0v) is 15.2. The number of Topliss-reactive ketones (excluding diaryl/α,β-unsaturated/α-hetero) is 1. The first kappa shape index (κ1) is 17.1. The minimum atomic E-state index is -0.439. The predicted molar refractivity (Wildman–Crippen MR) is 99.8 cm³/mol. The van der Waals surface area contributed by atoms with Crippen LogP contribution in [0.15, 0.2) is 35.3 Å². The molecule has 1 aromatic carbocycles. The molecule has 27 heavy (non-hydrogen) atoms. The summed E-state index contributed by atoms with van der Waals surface area (Å²) in [5, 5.41) is 0. The lowest BCUT2D eigenvalue weighted by Gasteiger charge is -2.14. The molecule has 0 bridgehead atoms. The monoisotopic (exact) mass is 365 g/mol. The van der Waals surface area contributed by atoms with Crippen molar-refractivity contribution in [2.75, 3.05) is 13.1 Å². The molecule has 0 radical (unpaired) electrons. The number of nitrogens with zero attached hydrogens (tertiary/aromatic N) is 5. The van der Waals surface area contributed by atoms with E-state index in [-0.39, 0.29) is 17.5 Å². The molecule has 1 fully saturated rings. The Morgan fingerprint density at radius 1 is 1.15 bits per heavy atom. The first-order valence-electron chi connectivity index (χ1n) is 8.82. The summed E-state index contributed by atoms with van der Waals surface area (Å²) in [6.07, 6.45) is 3.40. The molecule has 138 valence electrons. The van der Waals surface area contributed by atoms with Crippen molar-refractivity contribution < 1.29 is 9.59 Å². The molecule has 2 aromatic heterocycles. The van der Waals surface area contributed by atoms with Crippen LogP contribution in [0, 0.1) is 0 Å². The number of carbonyl (C=O) groups excluding carboxylic acids is 2. The van der Waals surface area contributed by atoms with Gasteiger partial charge in [0.25, 0.3) is 0 Å². The molecule has 0 N–H and O–H groups in total. The molecule has 0 spiro atoms. The molecule has 0 unspecified atom stereocenters. The van der Waals surface area contributed by atoms with Gasteiger partial charge in [0.05, 0.1) is 6.20 Å². The molecule has 8 heteroatoms. The number of rotatable bonds is 2. The molecule has 1 amide bonds. The Morgan fingerprint density at radius 3 is 2.59 bits per heavy atom. The number of carbonyl (C=O) groups is 2. The smallest absolute Gasteiger partial charge is 0.324 e. The maximum Gasteiger partial charge on any atom is 0.338 e. The van der Waals surface area contributed by atoms with Crippen LogP contribution in [0.3, 0.4) is 0 Å². The first-order chi connectivity index (χ1) is 13.0. The van der Waals surface area contributed by atoms with Crippen molar-refractivity contribution in [1.82, 2.24) is 24.0 Å². The summed E-state index contributed by atoms with van der Waals surface area (Å²) in [5.41, 5.74) is 1.53. The van der Waals surface area contributed by atoms with Crippen molar-refractivity contribution in [2.45, 2.75) is 19.8 Å². The summed E-state index contributed by atoms with van der Waals surface area (Å²) in [6, 6.07) is 6.62. The minimum Gasteiger partial charge on any atom is -0.324 e. The van der Waals surface area contributed by atoms with Gasteiger partial charge in [0.1, 0.15) is 5.52 Å². The van der Waals surface area contributed by atoms with Gasteiger partial charge in [-0.05, 0) is 25.8 Å². The number of imidazole rings is 1. The van der Waals surface area contributed by atoms with Gasteiger partial charge in [-0.3, -0.25) is 9.36 Å². The summed E-state index contributed by atoms with van der Waals surface area (Å²) in [5.74, 6) is 0.304. The molecule has 0 saturated carbocycles. The van der Waals surface area contributed by atoms with E-state index in [0.717, 1.165) is 17.4 Å². The molecule has 0 aliphatic carbocycles. The van der Waals surface area contributed by atoms with Gasteiger partial charge in [-0.25, -0.2) is 19.6 Å². The van der Waals surface area contributed by atoms with E-state index in [1.54, 1.807) is 36.2 Å². The molecular formula is C19H19N5O3. The quantitative estimate of drug-likeness (QED) is 0.649. The van der Waals surface area contributed by atoms with Crippen LogP contribution in [0.4, 0.5) is 4.79 Å². The van der Waals surface area contributed by atoms with Crippen LogP contribution in [0.1, 0.15) is 30.1 Å². The van der Waals surface area contributed by atoms with Crippen LogP contribution in [-0.2, 0) is 7.05 Å². The van der Waals surface area contributed by atoms with Gasteiger partial charge in [-0.1, -0.05) is 18.2 Å². The van der Waals surface area contributed by atoms with Crippen molar-refractivity contribution in [3.05, 3.63) is 46.5 Å². The normalized spacial score (nSPS) is 14.1. The van der Waals surface area contributed by atoms with Crippen LogP contribution in [0.5, 0.6) is 0 Å². The number of hydrogen-bond donors (Lipinski definition) is 0. The maximum atomic E-state index is 12.9. The zero-order chi connectivity index (χ0) is 19.1. The van der Waals surface area contributed by atoms with Gasteiger partial charge in [0, 0.05) is 31.3 Å². The molecule has 3 aromatic rings. The van der Waals surface area contributed by atoms with Crippen molar-refractivity contribution in [3.8, 4) is 11.4 Å². The second kappa shape index (κ2) is 6.46. The molecule has 1 aliphatic heterocycles. The Hall–Kier alpha value is -3.29. The van der Waals surface area contributed by atoms with Gasteiger partial charge in [-0.2, -0.15) is 4.57 Å². The van der Waals surface area contributed by atoms with Crippen molar-refractivity contribution in [2.24, 2.45) is 7.05 Å². The summed E-state index contributed by atoms with van der Waals surface area (Å²) in [4.78, 5) is 47.6. The van der Waals surface area contributed by atoms with Gasteiger partial charge < -0.3 is 4.90 Å². The number of fused-ring (bicyclic) bond motifs is 1. The highest BCUT2D eigenvalue weighted by Crippen LogP contribution is 2.20. The molecule has 3 heterocycles. The third-order valence-electron chi connectivity index (χ3n) is 4.90. The van der Waals surface area contributed by atoms with Gasteiger partial charge in [0.15, 0.2) is 17.3 Å². The fourth-order valence-electron chi connectivity index (χ4n) is 3.35. The lowest BCUT2D eigenvalue weighted by Crippen LogP contribution is -2.38. The van der Waals surface area contributed by atoms with E-state index in [2.05, 4.69) is 9.97 Å². The third-order valence-corrected chi connectivity index (χ3v) is 4.90. The second-order valence-corrected chi connectivity index (χ2v) is 6.69. The van der Waals surface area contributed by atoms with Gasteiger partial charge in [-0.15, -0.1) is 0 Å². The zero-order valence-electron chi connectivity index (χ0n) is 15.2. The number of amides is 1. The van der Waals surface area contributed by atoms with Crippen molar-refractivity contribution in [1.29, 1.82) is 0 Å². The third kappa shape index (κ3) is 2.83. The Bertz CT molecular complexity index is 1120. The average Bonchev–Trinajstić information content (AvgIpc) is 3.29. The number of hydrogen-bond acceptors (Lipinski definition) is 5. The van der Waals surface area contributed by atoms with Crippen LogP contribution >= 0.6 is 0 Å². The van der Waals surface area contributed by atoms with Gasteiger partial charge in [0.2, 0.25) is 0 Å². The number of benzene rings is 1. The Morgan fingerprint density at radius 2 is 1.89 bits per heavy atom.